The number of halogens is 1. The third kappa shape index (κ3) is 14.7. The first kappa shape index (κ1) is 24.1. The molecule has 0 bridgehead atoms. The zero-order chi connectivity index (χ0) is 17.5. The number of hydrogen-bond acceptors (Lipinski definition) is 3. The van der Waals surface area contributed by atoms with Crippen molar-refractivity contribution in [2.45, 2.75) is 66.2 Å². The second-order valence-electron chi connectivity index (χ2n) is 5.89. The summed E-state index contributed by atoms with van der Waals surface area (Å²) in [5.41, 5.74) is 0. The van der Waals surface area contributed by atoms with Crippen molar-refractivity contribution in [2.75, 3.05) is 38.6 Å². The molecule has 0 atom stereocenters. The van der Waals surface area contributed by atoms with Crippen LogP contribution >= 0.6 is 0 Å². The summed E-state index contributed by atoms with van der Waals surface area (Å²) in [6, 6.07) is 0. The van der Waals surface area contributed by atoms with Gasteiger partial charge < -0.3 is 9.04 Å². The third-order valence-corrected chi connectivity index (χ3v) is 4.36. The maximum atomic E-state index is 11.3. The van der Waals surface area contributed by atoms with E-state index in [1.807, 2.05) is 0 Å². The summed E-state index contributed by atoms with van der Waals surface area (Å²) in [6.45, 7) is 14.2. The number of rotatable bonds is 12. The van der Waals surface area contributed by atoms with Crippen molar-refractivity contribution in [3.63, 3.8) is 0 Å². The Labute approximate surface area is 137 Å². The van der Waals surface area contributed by atoms with Gasteiger partial charge in [-0.25, -0.2) is 8.42 Å². The molecule has 0 spiro atoms. The average molecular weight is 342 g/mol. The molecule has 0 aromatic carbocycles. The van der Waals surface area contributed by atoms with Gasteiger partial charge in [-0.3, -0.25) is 4.39 Å². The molecule has 0 saturated heterocycles. The molecule has 4 nitrogen and oxygen atoms in total. The molecule has 0 aliphatic carbocycles. The minimum atomic E-state index is -4.11. The highest BCUT2D eigenvalue weighted by atomic mass is 32.2. The first-order valence-corrected chi connectivity index (χ1v) is 10.2. The first-order chi connectivity index (χ1) is 10.3. The molecule has 0 aliphatic rings. The summed E-state index contributed by atoms with van der Waals surface area (Å²) in [5, 5.41) is 0. The Morgan fingerprint density at radius 1 is 0.818 bits per heavy atom. The zero-order valence-corrected chi connectivity index (χ0v) is 15.8. The van der Waals surface area contributed by atoms with Gasteiger partial charge in [0.1, 0.15) is 0 Å². The number of nitrogens with zero attached hydrogens (tertiary/aromatic N) is 1. The summed E-state index contributed by atoms with van der Waals surface area (Å²) in [5.74, 6) is -0.448. The van der Waals surface area contributed by atoms with Gasteiger partial charge in [-0.05, 0) is 38.5 Å². The normalized spacial score (nSPS) is 11.9. The van der Waals surface area contributed by atoms with E-state index in [9.17, 15) is 17.4 Å². The van der Waals surface area contributed by atoms with Crippen molar-refractivity contribution in [3.05, 3.63) is 0 Å². The molecule has 0 aliphatic heterocycles. The van der Waals surface area contributed by atoms with E-state index in [0.717, 1.165) is 0 Å². The van der Waals surface area contributed by atoms with Crippen LogP contribution in [-0.4, -0.2) is 56.1 Å². The van der Waals surface area contributed by atoms with Crippen LogP contribution in [0.1, 0.15) is 66.2 Å². The van der Waals surface area contributed by atoms with Crippen molar-refractivity contribution in [1.29, 1.82) is 0 Å². The Bertz CT molecular complexity index is 305. The molecule has 0 fully saturated rings. The molecule has 0 amide bonds. The lowest BCUT2D eigenvalue weighted by Crippen LogP contribution is -2.50. The molecule has 136 valence electrons. The molecule has 6 heteroatoms. The van der Waals surface area contributed by atoms with Crippen LogP contribution in [0.25, 0.3) is 0 Å². The van der Waals surface area contributed by atoms with E-state index in [-0.39, 0.29) is 12.8 Å². The van der Waals surface area contributed by atoms with Crippen LogP contribution < -0.4 is 0 Å². The Morgan fingerprint density at radius 2 is 1.18 bits per heavy atom. The van der Waals surface area contributed by atoms with E-state index < -0.39 is 22.5 Å². The van der Waals surface area contributed by atoms with Crippen molar-refractivity contribution in [3.8, 4) is 0 Å². The predicted octanol–water partition coefficient (Wildman–Crippen LogP) is 3.72. The molecule has 0 saturated carbocycles. The molecule has 0 heterocycles. The molecule has 0 N–H and O–H groups in total. The maximum Gasteiger partial charge on any atom is 0.0945 e. The summed E-state index contributed by atoms with van der Waals surface area (Å²) >= 11 is 0. The number of hydrogen-bond donors (Lipinski definition) is 0. The van der Waals surface area contributed by atoms with Gasteiger partial charge in [0.15, 0.2) is 0 Å². The van der Waals surface area contributed by atoms with E-state index >= 15 is 0 Å². The Morgan fingerprint density at radius 3 is 1.41 bits per heavy atom. The maximum absolute atomic E-state index is 11.3. The molecule has 0 rings (SSSR count). The van der Waals surface area contributed by atoms with Crippen LogP contribution in [0.3, 0.4) is 0 Å². The lowest BCUT2D eigenvalue weighted by atomic mass is 10.2. The topological polar surface area (TPSA) is 57.2 Å². The summed E-state index contributed by atoms with van der Waals surface area (Å²) in [4.78, 5) is 0. The van der Waals surface area contributed by atoms with Crippen molar-refractivity contribution >= 4 is 10.1 Å². The van der Waals surface area contributed by atoms with Crippen LogP contribution in [0.4, 0.5) is 4.39 Å². The van der Waals surface area contributed by atoms with Gasteiger partial charge in [-0.2, -0.15) is 0 Å². The molecule has 22 heavy (non-hydrogen) atoms. The molecule has 0 aromatic heterocycles. The monoisotopic (exact) mass is 341 g/mol. The van der Waals surface area contributed by atoms with Crippen LogP contribution in [0, 0.1) is 0 Å². The minimum Gasteiger partial charge on any atom is -0.748 e. The summed E-state index contributed by atoms with van der Waals surface area (Å²) in [6.07, 6.45) is 5.61. The largest absolute Gasteiger partial charge is 0.748 e. The van der Waals surface area contributed by atoms with Gasteiger partial charge in [0, 0.05) is 5.75 Å². The average Bonchev–Trinajstić information content (AvgIpc) is 2.39. The van der Waals surface area contributed by atoms with Crippen LogP contribution in [0.5, 0.6) is 0 Å². The third-order valence-electron chi connectivity index (χ3n) is 3.57. The standard InChI is InChI=1S/C12H28N.C4H9FO3S/c1-5-9-13(10-6-2,11-7-3)12-8-4;5-3-1-2-4-9(6,7)8/h5-12H2,1-4H3;1-4H2,(H,6,7,8)/q+1;/p-1. The van der Waals surface area contributed by atoms with Crippen LogP contribution in [0.2, 0.25) is 0 Å². The summed E-state index contributed by atoms with van der Waals surface area (Å²) in [7, 11) is -4.11. The van der Waals surface area contributed by atoms with Crippen molar-refractivity contribution < 1.29 is 21.8 Å². The molecule has 0 aromatic rings. The molecular weight excluding hydrogens is 305 g/mol. The minimum absolute atomic E-state index is 0.127. The van der Waals surface area contributed by atoms with Gasteiger partial charge in [-0.15, -0.1) is 0 Å². The Kier molecular flexibility index (Phi) is 15.7. The van der Waals surface area contributed by atoms with E-state index in [1.54, 1.807) is 0 Å². The van der Waals surface area contributed by atoms with E-state index in [2.05, 4.69) is 27.7 Å². The van der Waals surface area contributed by atoms with E-state index in [1.165, 1.54) is 56.3 Å². The quantitative estimate of drug-likeness (QED) is 0.309. The number of alkyl halides is 1. The van der Waals surface area contributed by atoms with Gasteiger partial charge in [0.05, 0.1) is 43.0 Å². The fourth-order valence-corrected chi connectivity index (χ4v) is 3.50. The number of quaternary nitrogens is 1. The highest BCUT2D eigenvalue weighted by molar-refractivity contribution is 7.85. The highest BCUT2D eigenvalue weighted by Gasteiger charge is 2.22. The van der Waals surface area contributed by atoms with Gasteiger partial charge >= 0.3 is 0 Å². The Balaban J connectivity index is 0. The fourth-order valence-electron chi connectivity index (χ4n) is 2.94. The Hall–Kier alpha value is -0.200. The smallest absolute Gasteiger partial charge is 0.0945 e. The fraction of sp³-hybridized carbons (Fsp3) is 1.00. The first-order valence-electron chi connectivity index (χ1n) is 8.65. The van der Waals surface area contributed by atoms with Crippen molar-refractivity contribution in [2.24, 2.45) is 0 Å². The molecule has 0 radical (unpaired) electrons. The summed E-state index contributed by atoms with van der Waals surface area (Å²) < 4.78 is 42.1. The second kappa shape index (κ2) is 14.4. The predicted molar refractivity (Wildman–Crippen MR) is 90.7 cm³/mol. The van der Waals surface area contributed by atoms with Crippen LogP contribution in [-0.2, 0) is 10.1 Å². The number of unbranched alkanes of at least 4 members (excludes halogenated alkanes) is 1. The second-order valence-corrected chi connectivity index (χ2v) is 7.42. The van der Waals surface area contributed by atoms with Gasteiger partial charge in [-0.1, -0.05) is 27.7 Å². The zero-order valence-electron chi connectivity index (χ0n) is 14.9. The lowest BCUT2D eigenvalue weighted by Gasteiger charge is -2.38. The van der Waals surface area contributed by atoms with Crippen molar-refractivity contribution in [1.82, 2.24) is 0 Å². The SMILES string of the molecule is CCC[N+](CCC)(CCC)CCC.O=S(=O)([O-])CCCCF. The van der Waals surface area contributed by atoms with E-state index in [0.29, 0.717) is 0 Å². The highest BCUT2D eigenvalue weighted by Crippen LogP contribution is 2.12. The van der Waals surface area contributed by atoms with Crippen LogP contribution in [0.15, 0.2) is 0 Å². The lowest BCUT2D eigenvalue weighted by molar-refractivity contribution is -0.928. The van der Waals surface area contributed by atoms with E-state index in [4.69, 9.17) is 0 Å². The van der Waals surface area contributed by atoms with Gasteiger partial charge in [0.25, 0.3) is 0 Å². The molecule has 0 unspecified atom stereocenters. The van der Waals surface area contributed by atoms with Gasteiger partial charge in [0.2, 0.25) is 0 Å². The molecular formula is C16H36FNO3S.